The van der Waals surface area contributed by atoms with Gasteiger partial charge in [-0.25, -0.2) is 4.39 Å². The summed E-state index contributed by atoms with van der Waals surface area (Å²) >= 11 is 0. The molecule has 8 heteroatoms. The van der Waals surface area contributed by atoms with Crippen molar-refractivity contribution in [2.75, 3.05) is 71.6 Å². The minimum absolute atomic E-state index is 0. The fourth-order valence-corrected chi connectivity index (χ4v) is 2.78. The van der Waals surface area contributed by atoms with Crippen LogP contribution in [0.3, 0.4) is 0 Å². The molecule has 2 rings (SSSR count). The molecule has 0 radical (unpaired) electrons. The molecule has 6 nitrogen and oxygen atoms in total. The van der Waals surface area contributed by atoms with E-state index in [0.29, 0.717) is 19.8 Å². The summed E-state index contributed by atoms with van der Waals surface area (Å²) in [7, 11) is 3.48. The average Bonchev–Trinajstić information content (AvgIpc) is 2.65. The van der Waals surface area contributed by atoms with E-state index in [2.05, 4.69) is 20.1 Å². The molecule has 0 aliphatic carbocycles. The van der Waals surface area contributed by atoms with Gasteiger partial charge in [0.15, 0.2) is 5.96 Å². The number of benzene rings is 1. The van der Waals surface area contributed by atoms with Crippen molar-refractivity contribution in [3.05, 3.63) is 30.1 Å². The number of aliphatic imine (C=N–C) groups is 1. The molecule has 0 unspecified atom stereocenters. The second-order valence-electron chi connectivity index (χ2n) is 5.88. The molecule has 0 spiro atoms. The zero-order valence-electron chi connectivity index (χ0n) is 15.6. The van der Waals surface area contributed by atoms with E-state index in [4.69, 9.17) is 9.47 Å². The van der Waals surface area contributed by atoms with E-state index >= 15 is 0 Å². The Morgan fingerprint density at radius 2 is 1.81 bits per heavy atom. The zero-order valence-corrected chi connectivity index (χ0v) is 17.9. The Labute approximate surface area is 172 Å². The summed E-state index contributed by atoms with van der Waals surface area (Å²) in [5, 5.41) is 3.39. The molecule has 0 aromatic heterocycles. The number of piperazine rings is 1. The Bertz CT molecular complexity index is 522. The van der Waals surface area contributed by atoms with Gasteiger partial charge >= 0.3 is 0 Å². The van der Waals surface area contributed by atoms with Gasteiger partial charge in [-0.2, -0.15) is 0 Å². The molecule has 0 amide bonds. The topological polar surface area (TPSA) is 49.3 Å². The summed E-state index contributed by atoms with van der Waals surface area (Å²) in [4.78, 5) is 8.90. The molecule has 1 N–H and O–H groups in total. The lowest BCUT2D eigenvalue weighted by atomic mass is 10.2. The van der Waals surface area contributed by atoms with Crippen LogP contribution in [0.5, 0.6) is 0 Å². The Hall–Kier alpha value is -1.13. The van der Waals surface area contributed by atoms with Crippen LogP contribution in [-0.4, -0.2) is 77.6 Å². The number of ether oxygens (including phenoxy) is 2. The Morgan fingerprint density at radius 3 is 2.42 bits per heavy atom. The molecule has 0 saturated carbocycles. The average molecular weight is 480 g/mol. The molecule has 1 aliphatic rings. The van der Waals surface area contributed by atoms with Crippen LogP contribution in [0.1, 0.15) is 6.42 Å². The van der Waals surface area contributed by atoms with E-state index in [1.807, 2.05) is 19.2 Å². The summed E-state index contributed by atoms with van der Waals surface area (Å²) < 4.78 is 23.4. The highest BCUT2D eigenvalue weighted by Crippen LogP contribution is 2.16. The molecule has 1 aromatic rings. The van der Waals surface area contributed by atoms with Crippen molar-refractivity contribution in [3.8, 4) is 0 Å². The standard InChI is InChI=1S/C18H29FN4O2.HI/c1-20-18(21-8-3-13-25-15-14-24-2)23-11-9-22(10-12-23)17-6-4-16(19)5-7-17;/h4-7H,3,8-15H2,1-2H3,(H,20,21);1H. The molecule has 1 heterocycles. The zero-order chi connectivity index (χ0) is 17.9. The fraction of sp³-hybridized carbons (Fsp3) is 0.611. The summed E-state index contributed by atoms with van der Waals surface area (Å²) in [5.74, 6) is 0.730. The molecule has 1 fully saturated rings. The highest BCUT2D eigenvalue weighted by molar-refractivity contribution is 14.0. The third kappa shape index (κ3) is 7.63. The third-order valence-electron chi connectivity index (χ3n) is 4.16. The van der Waals surface area contributed by atoms with Crippen LogP contribution in [0.15, 0.2) is 29.3 Å². The van der Waals surface area contributed by atoms with Crippen molar-refractivity contribution < 1.29 is 13.9 Å². The van der Waals surface area contributed by atoms with Crippen LogP contribution in [-0.2, 0) is 9.47 Å². The number of nitrogens with one attached hydrogen (secondary N) is 1. The van der Waals surface area contributed by atoms with Crippen LogP contribution in [0.4, 0.5) is 10.1 Å². The molecule has 0 atom stereocenters. The van der Waals surface area contributed by atoms with Gasteiger partial charge in [0.2, 0.25) is 0 Å². The van der Waals surface area contributed by atoms with E-state index < -0.39 is 0 Å². The second kappa shape index (κ2) is 13.1. The summed E-state index contributed by atoms with van der Waals surface area (Å²) in [6.45, 7) is 6.38. The van der Waals surface area contributed by atoms with Crippen molar-refractivity contribution in [2.45, 2.75) is 6.42 Å². The van der Waals surface area contributed by atoms with Crippen molar-refractivity contribution in [1.82, 2.24) is 10.2 Å². The molecule has 26 heavy (non-hydrogen) atoms. The summed E-state index contributed by atoms with van der Waals surface area (Å²) in [5.41, 5.74) is 1.07. The van der Waals surface area contributed by atoms with Crippen molar-refractivity contribution in [1.29, 1.82) is 0 Å². The van der Waals surface area contributed by atoms with E-state index in [0.717, 1.165) is 50.8 Å². The van der Waals surface area contributed by atoms with Crippen molar-refractivity contribution in [2.24, 2.45) is 4.99 Å². The van der Waals surface area contributed by atoms with Crippen LogP contribution >= 0.6 is 24.0 Å². The van der Waals surface area contributed by atoms with Crippen LogP contribution < -0.4 is 10.2 Å². The maximum Gasteiger partial charge on any atom is 0.193 e. The van der Waals surface area contributed by atoms with Gasteiger partial charge in [0, 0.05) is 59.2 Å². The van der Waals surface area contributed by atoms with Gasteiger partial charge in [-0.15, -0.1) is 24.0 Å². The monoisotopic (exact) mass is 480 g/mol. The first-order chi connectivity index (χ1) is 12.2. The minimum Gasteiger partial charge on any atom is -0.382 e. The Kier molecular flexibility index (Phi) is 11.5. The highest BCUT2D eigenvalue weighted by Gasteiger charge is 2.19. The Balaban J connectivity index is 0.00000338. The van der Waals surface area contributed by atoms with Crippen molar-refractivity contribution >= 4 is 35.6 Å². The first kappa shape index (κ1) is 22.9. The van der Waals surface area contributed by atoms with Gasteiger partial charge in [0.1, 0.15) is 5.82 Å². The van der Waals surface area contributed by atoms with Gasteiger partial charge in [-0.3, -0.25) is 4.99 Å². The molecule has 0 bridgehead atoms. The molecular formula is C18H30FIN4O2. The minimum atomic E-state index is -0.196. The normalized spacial score (nSPS) is 15.0. The van der Waals surface area contributed by atoms with Gasteiger partial charge in [0.05, 0.1) is 13.2 Å². The smallest absolute Gasteiger partial charge is 0.193 e. The van der Waals surface area contributed by atoms with Gasteiger partial charge in [0.25, 0.3) is 0 Å². The quantitative estimate of drug-likeness (QED) is 0.268. The largest absolute Gasteiger partial charge is 0.382 e. The SMILES string of the molecule is CN=C(NCCCOCCOC)N1CCN(c2ccc(F)cc2)CC1.I. The lowest BCUT2D eigenvalue weighted by Crippen LogP contribution is -2.52. The van der Waals surface area contributed by atoms with Crippen molar-refractivity contribution in [3.63, 3.8) is 0 Å². The maximum atomic E-state index is 13.0. The fourth-order valence-electron chi connectivity index (χ4n) is 2.78. The molecular weight excluding hydrogens is 450 g/mol. The Morgan fingerprint density at radius 1 is 1.12 bits per heavy atom. The summed E-state index contributed by atoms with van der Waals surface area (Å²) in [6, 6.07) is 6.69. The van der Waals surface area contributed by atoms with E-state index in [1.54, 1.807) is 7.11 Å². The number of hydrogen-bond donors (Lipinski definition) is 1. The molecule has 148 valence electrons. The lowest BCUT2D eigenvalue weighted by Gasteiger charge is -2.37. The first-order valence-corrected chi connectivity index (χ1v) is 8.77. The predicted octanol–water partition coefficient (Wildman–Crippen LogP) is 2.19. The first-order valence-electron chi connectivity index (χ1n) is 8.77. The molecule has 1 aliphatic heterocycles. The van der Waals surface area contributed by atoms with E-state index in [1.165, 1.54) is 12.1 Å². The van der Waals surface area contributed by atoms with Crippen LogP contribution in [0.25, 0.3) is 0 Å². The number of anilines is 1. The summed E-state index contributed by atoms with van der Waals surface area (Å²) in [6.07, 6.45) is 0.929. The number of guanidine groups is 1. The van der Waals surface area contributed by atoms with Gasteiger partial charge in [-0.1, -0.05) is 0 Å². The highest BCUT2D eigenvalue weighted by atomic mass is 127. The van der Waals surface area contributed by atoms with Gasteiger partial charge in [-0.05, 0) is 30.7 Å². The van der Waals surface area contributed by atoms with Gasteiger partial charge < -0.3 is 24.6 Å². The number of methoxy groups -OCH3 is 1. The maximum absolute atomic E-state index is 13.0. The van der Waals surface area contributed by atoms with E-state index in [-0.39, 0.29) is 29.8 Å². The number of halogens is 2. The number of rotatable bonds is 8. The number of hydrogen-bond acceptors (Lipinski definition) is 4. The predicted molar refractivity (Wildman–Crippen MR) is 114 cm³/mol. The van der Waals surface area contributed by atoms with Crippen LogP contribution in [0.2, 0.25) is 0 Å². The number of nitrogens with zero attached hydrogens (tertiary/aromatic N) is 3. The third-order valence-corrected chi connectivity index (χ3v) is 4.16. The molecule has 1 saturated heterocycles. The second-order valence-corrected chi connectivity index (χ2v) is 5.88. The van der Waals surface area contributed by atoms with E-state index in [9.17, 15) is 4.39 Å². The lowest BCUT2D eigenvalue weighted by molar-refractivity contribution is 0.0698. The molecule has 1 aromatic carbocycles. The van der Waals surface area contributed by atoms with Crippen LogP contribution in [0, 0.1) is 5.82 Å².